The molecular weight excluding hydrogens is 577 g/mol. The number of aromatic nitrogens is 1. The van der Waals surface area contributed by atoms with Crippen molar-refractivity contribution in [2.45, 2.75) is 142 Å². The Bertz CT molecular complexity index is 1200. The SMILES string of the molecule is C[C@H]1CN(c2c(C(N)=O)cnc3c2CC[C@H]3O[Si](C)(C)C(C)(C)C)C[C@@H](NC(=O)OC(C)(C)C)[C@@H]1O[Si](C)(C)C(C)(C)C. The molecule has 0 unspecified atom stereocenters. The molecule has 11 heteroatoms. The number of nitrogens with zero attached hydrogens (tertiary/aromatic N) is 2. The van der Waals surface area contributed by atoms with E-state index in [4.69, 9.17) is 24.3 Å². The van der Waals surface area contributed by atoms with Crippen LogP contribution in [0.5, 0.6) is 0 Å². The fourth-order valence-corrected chi connectivity index (χ4v) is 8.16. The van der Waals surface area contributed by atoms with Crippen LogP contribution in [0.15, 0.2) is 6.20 Å². The Morgan fingerprint density at radius 2 is 1.51 bits per heavy atom. The van der Waals surface area contributed by atoms with Crippen LogP contribution in [0.4, 0.5) is 10.5 Å². The predicted octanol–water partition coefficient (Wildman–Crippen LogP) is 6.93. The van der Waals surface area contributed by atoms with Gasteiger partial charge in [-0.2, -0.15) is 0 Å². The van der Waals surface area contributed by atoms with E-state index in [1.165, 1.54) is 0 Å². The number of hydrogen-bond acceptors (Lipinski definition) is 7. The summed E-state index contributed by atoms with van der Waals surface area (Å²) in [6.07, 6.45) is 2.35. The van der Waals surface area contributed by atoms with E-state index in [1.54, 1.807) is 6.20 Å². The molecule has 1 aromatic heterocycles. The number of hydrogen-bond donors (Lipinski definition) is 2. The summed E-state index contributed by atoms with van der Waals surface area (Å²) in [5, 5.41) is 3.21. The van der Waals surface area contributed by atoms with Crippen molar-refractivity contribution in [1.29, 1.82) is 0 Å². The predicted molar refractivity (Wildman–Crippen MR) is 179 cm³/mol. The lowest BCUT2D eigenvalue weighted by atomic mass is 9.91. The molecule has 0 spiro atoms. The van der Waals surface area contributed by atoms with Gasteiger partial charge in [0.25, 0.3) is 5.91 Å². The highest BCUT2D eigenvalue weighted by Gasteiger charge is 2.47. The molecule has 4 atom stereocenters. The molecule has 43 heavy (non-hydrogen) atoms. The van der Waals surface area contributed by atoms with Gasteiger partial charge in [-0.15, -0.1) is 0 Å². The molecule has 1 aliphatic heterocycles. The highest BCUT2D eigenvalue weighted by atomic mass is 28.4. The fourth-order valence-electron chi connectivity index (χ4n) is 5.43. The molecule has 3 N–H and O–H groups in total. The molecule has 1 aliphatic carbocycles. The van der Waals surface area contributed by atoms with Gasteiger partial charge in [0.05, 0.1) is 35.2 Å². The molecule has 0 aromatic carbocycles. The van der Waals surface area contributed by atoms with E-state index in [0.717, 1.165) is 29.8 Å². The van der Waals surface area contributed by atoms with Crippen molar-refractivity contribution in [3.8, 4) is 0 Å². The molecule has 0 bridgehead atoms. The largest absolute Gasteiger partial charge is 0.444 e. The van der Waals surface area contributed by atoms with Gasteiger partial charge in [-0.3, -0.25) is 9.78 Å². The number of rotatable bonds is 7. The molecule has 244 valence electrons. The summed E-state index contributed by atoms with van der Waals surface area (Å²) in [4.78, 5) is 32.9. The molecule has 2 heterocycles. The van der Waals surface area contributed by atoms with E-state index in [-0.39, 0.29) is 34.2 Å². The van der Waals surface area contributed by atoms with Gasteiger partial charge in [0.1, 0.15) is 5.60 Å². The maximum Gasteiger partial charge on any atom is 0.408 e. The highest BCUT2D eigenvalue weighted by Crippen LogP contribution is 2.46. The second-order valence-electron chi connectivity index (χ2n) is 16.6. The van der Waals surface area contributed by atoms with Crippen LogP contribution >= 0.6 is 0 Å². The summed E-state index contributed by atoms with van der Waals surface area (Å²) in [6, 6.07) is -0.363. The van der Waals surface area contributed by atoms with Crippen molar-refractivity contribution < 1.29 is 23.2 Å². The van der Waals surface area contributed by atoms with Crippen LogP contribution in [0, 0.1) is 5.92 Å². The molecule has 1 fully saturated rings. The van der Waals surface area contributed by atoms with Gasteiger partial charge in [0, 0.05) is 30.8 Å². The van der Waals surface area contributed by atoms with Crippen molar-refractivity contribution in [3.05, 3.63) is 23.0 Å². The minimum atomic E-state index is -2.18. The van der Waals surface area contributed by atoms with Crippen molar-refractivity contribution in [2.75, 3.05) is 18.0 Å². The number of piperidine rings is 1. The molecule has 3 rings (SSSR count). The maximum absolute atomic E-state index is 13.1. The highest BCUT2D eigenvalue weighted by molar-refractivity contribution is 6.74. The zero-order valence-corrected chi connectivity index (χ0v) is 31.2. The van der Waals surface area contributed by atoms with Crippen LogP contribution in [0.3, 0.4) is 0 Å². The third kappa shape index (κ3) is 8.01. The van der Waals surface area contributed by atoms with Gasteiger partial charge < -0.3 is 29.5 Å². The Morgan fingerprint density at radius 3 is 2.02 bits per heavy atom. The summed E-state index contributed by atoms with van der Waals surface area (Å²) in [6.45, 7) is 31.2. The minimum absolute atomic E-state index is 0.00451. The average Bonchev–Trinajstić information content (AvgIpc) is 3.19. The average molecular weight is 635 g/mol. The number of ether oxygens (including phenoxy) is 1. The van der Waals surface area contributed by atoms with Crippen LogP contribution in [0.1, 0.15) is 103 Å². The number of amides is 2. The Labute approximate surface area is 262 Å². The van der Waals surface area contributed by atoms with E-state index in [0.29, 0.717) is 18.7 Å². The van der Waals surface area contributed by atoms with Crippen LogP contribution in [0.25, 0.3) is 0 Å². The van der Waals surface area contributed by atoms with E-state index < -0.39 is 34.2 Å². The lowest BCUT2D eigenvalue weighted by Gasteiger charge is -2.49. The minimum Gasteiger partial charge on any atom is -0.444 e. The van der Waals surface area contributed by atoms with Crippen molar-refractivity contribution in [2.24, 2.45) is 11.7 Å². The van der Waals surface area contributed by atoms with Crippen molar-refractivity contribution in [3.63, 3.8) is 0 Å². The van der Waals surface area contributed by atoms with Gasteiger partial charge in [-0.05, 0) is 69.9 Å². The van der Waals surface area contributed by atoms with E-state index >= 15 is 0 Å². The monoisotopic (exact) mass is 634 g/mol. The first-order chi connectivity index (χ1) is 19.3. The zero-order chi connectivity index (χ0) is 32.9. The molecule has 1 aromatic rings. The number of carbonyl (C=O) groups is 2. The Morgan fingerprint density at radius 1 is 0.953 bits per heavy atom. The Kier molecular flexibility index (Phi) is 9.99. The summed E-state index contributed by atoms with van der Waals surface area (Å²) >= 11 is 0. The summed E-state index contributed by atoms with van der Waals surface area (Å²) in [7, 11) is -4.23. The molecule has 2 aliphatic rings. The van der Waals surface area contributed by atoms with Crippen LogP contribution < -0.4 is 16.0 Å². The number of pyridine rings is 1. The third-order valence-electron chi connectivity index (χ3n) is 9.79. The topological polar surface area (TPSA) is 116 Å². The number of alkyl carbamates (subject to hydrolysis) is 1. The number of primary amides is 1. The van der Waals surface area contributed by atoms with Crippen molar-refractivity contribution in [1.82, 2.24) is 10.3 Å². The van der Waals surface area contributed by atoms with Crippen LogP contribution in [-0.4, -0.2) is 64.5 Å². The van der Waals surface area contributed by atoms with Crippen LogP contribution in [0.2, 0.25) is 36.3 Å². The fraction of sp³-hybridized carbons (Fsp3) is 0.781. The van der Waals surface area contributed by atoms with Gasteiger partial charge in [0.15, 0.2) is 16.6 Å². The standard InChI is InChI=1S/C32H58N4O5Si2/c1-20-18-36(19-23(35-29(38)39-30(2,3)4)27(20)41-43(13,14)32(8,9)10)26-21-15-16-24(40-42(11,12)31(5,6)7)25(21)34-17-22(26)28(33)37/h17,20,23-24,27H,15-16,18-19H2,1-14H3,(H2,33,37)(H,35,38)/t20-,23+,24+,27+/m0/s1. The van der Waals surface area contributed by atoms with E-state index in [2.05, 4.69) is 84.9 Å². The zero-order valence-electron chi connectivity index (χ0n) is 29.2. The molecule has 2 amide bonds. The molecule has 0 radical (unpaired) electrons. The summed E-state index contributed by atoms with van der Waals surface area (Å²) in [5.41, 5.74) is 8.44. The lowest BCUT2D eigenvalue weighted by molar-refractivity contribution is 0.0336. The van der Waals surface area contributed by atoms with Gasteiger partial charge in [-0.25, -0.2) is 4.79 Å². The summed E-state index contributed by atoms with van der Waals surface area (Å²) < 4.78 is 19.5. The van der Waals surface area contributed by atoms with E-state index in [9.17, 15) is 9.59 Å². The first-order valence-corrected chi connectivity index (χ1v) is 21.6. The normalized spacial score (nSPS) is 23.6. The number of fused-ring (bicyclic) bond motifs is 1. The Balaban J connectivity index is 2.04. The molecule has 1 saturated heterocycles. The number of anilines is 1. The lowest BCUT2D eigenvalue weighted by Crippen LogP contribution is -2.63. The van der Waals surface area contributed by atoms with Gasteiger partial charge >= 0.3 is 6.09 Å². The smallest absolute Gasteiger partial charge is 0.408 e. The second kappa shape index (κ2) is 12.1. The molecule has 0 saturated carbocycles. The van der Waals surface area contributed by atoms with Gasteiger partial charge in [0.2, 0.25) is 0 Å². The maximum atomic E-state index is 13.1. The number of nitrogens with two attached hydrogens (primary N) is 1. The number of nitrogens with one attached hydrogen (secondary N) is 1. The first-order valence-electron chi connectivity index (χ1n) is 15.8. The summed E-state index contributed by atoms with van der Waals surface area (Å²) in [5.74, 6) is -0.462. The first kappa shape index (κ1) is 35.5. The Hall–Kier alpha value is -1.96. The van der Waals surface area contributed by atoms with Gasteiger partial charge in [-0.1, -0.05) is 48.5 Å². The molecular formula is C32H58N4O5Si2. The van der Waals surface area contributed by atoms with Crippen LogP contribution in [-0.2, 0) is 20.0 Å². The molecule has 9 nitrogen and oxygen atoms in total. The quantitative estimate of drug-likeness (QED) is 0.313. The number of carbonyl (C=O) groups excluding carboxylic acids is 2. The van der Waals surface area contributed by atoms with Crippen molar-refractivity contribution >= 4 is 34.3 Å². The second-order valence-corrected chi connectivity index (χ2v) is 26.1. The third-order valence-corrected chi connectivity index (χ3v) is 18.8. The van der Waals surface area contributed by atoms with E-state index in [1.807, 2.05) is 20.8 Å².